The Morgan fingerprint density at radius 1 is 1.21 bits per heavy atom. The smallest absolute Gasteiger partial charge is 0.206 e. The lowest BCUT2D eigenvalue weighted by Gasteiger charge is -2.33. The predicted molar refractivity (Wildman–Crippen MR) is 80.1 cm³/mol. The van der Waals surface area contributed by atoms with Crippen LogP contribution in [0.3, 0.4) is 0 Å². The first-order chi connectivity index (χ1) is 9.19. The molecular formula is C14H19ClN4. The fraction of sp³-hybridized carbons (Fsp3) is 0.500. The van der Waals surface area contributed by atoms with Crippen LogP contribution in [0.15, 0.2) is 18.2 Å². The van der Waals surface area contributed by atoms with Gasteiger partial charge in [-0.25, -0.2) is 4.98 Å². The minimum Gasteiger partial charge on any atom is -0.340 e. The molecule has 1 aliphatic rings. The second kappa shape index (κ2) is 5.02. The van der Waals surface area contributed by atoms with Crippen LogP contribution in [-0.4, -0.2) is 47.7 Å². The maximum atomic E-state index is 6.06. The van der Waals surface area contributed by atoms with Gasteiger partial charge in [-0.3, -0.25) is 0 Å². The Balaban J connectivity index is 2.02. The first-order valence-corrected chi connectivity index (χ1v) is 7.16. The van der Waals surface area contributed by atoms with Gasteiger partial charge < -0.3 is 14.4 Å². The van der Waals surface area contributed by atoms with E-state index in [2.05, 4.69) is 34.4 Å². The maximum Gasteiger partial charge on any atom is 0.206 e. The van der Waals surface area contributed by atoms with Crippen LogP contribution in [0.1, 0.15) is 6.92 Å². The molecule has 1 aliphatic heterocycles. The molecule has 0 bridgehead atoms. The van der Waals surface area contributed by atoms with Crippen molar-refractivity contribution in [3.8, 4) is 0 Å². The molecule has 19 heavy (non-hydrogen) atoms. The molecule has 1 aromatic carbocycles. The summed E-state index contributed by atoms with van der Waals surface area (Å²) in [6, 6.07) is 5.95. The molecule has 0 atom stereocenters. The van der Waals surface area contributed by atoms with Crippen molar-refractivity contribution in [2.45, 2.75) is 13.5 Å². The molecule has 1 saturated heterocycles. The molecule has 2 aromatic rings. The molecule has 102 valence electrons. The van der Waals surface area contributed by atoms with Crippen LogP contribution in [-0.2, 0) is 6.54 Å². The molecule has 1 aromatic heterocycles. The normalized spacial score (nSPS) is 17.3. The molecule has 0 N–H and O–H groups in total. The van der Waals surface area contributed by atoms with Crippen molar-refractivity contribution in [1.29, 1.82) is 0 Å². The van der Waals surface area contributed by atoms with E-state index in [1.54, 1.807) is 0 Å². The molecule has 0 aliphatic carbocycles. The van der Waals surface area contributed by atoms with Gasteiger partial charge >= 0.3 is 0 Å². The molecule has 3 rings (SSSR count). The second-order valence-corrected chi connectivity index (χ2v) is 5.52. The van der Waals surface area contributed by atoms with Crippen molar-refractivity contribution < 1.29 is 0 Å². The van der Waals surface area contributed by atoms with Crippen LogP contribution in [0.2, 0.25) is 5.02 Å². The Hall–Kier alpha value is -1.26. The second-order valence-electron chi connectivity index (χ2n) is 5.08. The summed E-state index contributed by atoms with van der Waals surface area (Å²) in [7, 11) is 2.17. The van der Waals surface area contributed by atoms with E-state index in [4.69, 9.17) is 16.6 Å². The number of piperazine rings is 1. The van der Waals surface area contributed by atoms with Gasteiger partial charge in [0.2, 0.25) is 5.95 Å². The van der Waals surface area contributed by atoms with E-state index in [0.29, 0.717) is 0 Å². The van der Waals surface area contributed by atoms with Gasteiger partial charge in [-0.2, -0.15) is 0 Å². The van der Waals surface area contributed by atoms with Crippen molar-refractivity contribution >= 4 is 28.6 Å². The highest BCUT2D eigenvalue weighted by Gasteiger charge is 2.20. The number of rotatable bonds is 2. The van der Waals surface area contributed by atoms with E-state index in [1.165, 1.54) is 5.52 Å². The molecule has 2 heterocycles. The van der Waals surface area contributed by atoms with Crippen LogP contribution in [0.5, 0.6) is 0 Å². The number of hydrogen-bond acceptors (Lipinski definition) is 3. The van der Waals surface area contributed by atoms with Crippen LogP contribution in [0, 0.1) is 0 Å². The van der Waals surface area contributed by atoms with Gasteiger partial charge in [0, 0.05) is 37.7 Å². The maximum absolute atomic E-state index is 6.06. The molecule has 0 radical (unpaired) electrons. The molecule has 1 fully saturated rings. The number of benzene rings is 1. The standard InChI is InChI=1S/C14H19ClN4/c1-3-19-13-5-4-11(15)10-12(13)16-14(19)18-8-6-17(2)7-9-18/h4-5,10H,3,6-9H2,1-2H3. The zero-order valence-corrected chi connectivity index (χ0v) is 12.2. The van der Waals surface area contributed by atoms with Crippen LogP contribution >= 0.6 is 11.6 Å². The number of anilines is 1. The SMILES string of the molecule is CCn1c(N2CCN(C)CC2)nc2cc(Cl)ccc21. The lowest BCUT2D eigenvalue weighted by atomic mass is 10.3. The van der Waals surface area contributed by atoms with Gasteiger partial charge in [0.15, 0.2) is 0 Å². The third kappa shape index (κ3) is 2.30. The van der Waals surface area contributed by atoms with E-state index < -0.39 is 0 Å². The van der Waals surface area contributed by atoms with E-state index >= 15 is 0 Å². The van der Waals surface area contributed by atoms with E-state index in [0.717, 1.165) is 49.2 Å². The summed E-state index contributed by atoms with van der Waals surface area (Å²) < 4.78 is 2.27. The largest absolute Gasteiger partial charge is 0.340 e. The van der Waals surface area contributed by atoms with E-state index in [9.17, 15) is 0 Å². The molecule has 0 amide bonds. The first-order valence-electron chi connectivity index (χ1n) is 6.78. The van der Waals surface area contributed by atoms with Crippen LogP contribution < -0.4 is 4.90 Å². The Kier molecular flexibility index (Phi) is 3.37. The third-order valence-electron chi connectivity index (χ3n) is 3.79. The Labute approximate surface area is 118 Å². The Morgan fingerprint density at radius 3 is 2.63 bits per heavy atom. The average molecular weight is 279 g/mol. The summed E-state index contributed by atoms with van der Waals surface area (Å²) in [6.07, 6.45) is 0. The molecule has 0 spiro atoms. The summed E-state index contributed by atoms with van der Waals surface area (Å²) in [5, 5.41) is 0.748. The first kappa shape index (κ1) is 12.8. The van der Waals surface area contributed by atoms with Crippen LogP contribution in [0.4, 0.5) is 5.95 Å². The fourth-order valence-electron chi connectivity index (χ4n) is 2.65. The van der Waals surface area contributed by atoms with Gasteiger partial charge in [-0.1, -0.05) is 11.6 Å². The number of hydrogen-bond donors (Lipinski definition) is 0. The molecule has 0 saturated carbocycles. The summed E-state index contributed by atoms with van der Waals surface area (Å²) >= 11 is 6.06. The summed E-state index contributed by atoms with van der Waals surface area (Å²) in [4.78, 5) is 9.50. The fourth-order valence-corrected chi connectivity index (χ4v) is 2.82. The topological polar surface area (TPSA) is 24.3 Å². The highest BCUT2D eigenvalue weighted by molar-refractivity contribution is 6.31. The summed E-state index contributed by atoms with van der Waals surface area (Å²) in [5.41, 5.74) is 2.16. The molecule has 4 nitrogen and oxygen atoms in total. The van der Waals surface area contributed by atoms with Crippen LogP contribution in [0.25, 0.3) is 11.0 Å². The van der Waals surface area contributed by atoms with Crippen molar-refractivity contribution in [3.05, 3.63) is 23.2 Å². The zero-order chi connectivity index (χ0) is 13.4. The number of aryl methyl sites for hydroxylation is 1. The van der Waals surface area contributed by atoms with Gasteiger partial charge in [0.1, 0.15) is 0 Å². The molecule has 5 heteroatoms. The number of aromatic nitrogens is 2. The zero-order valence-electron chi connectivity index (χ0n) is 11.4. The number of halogens is 1. The van der Waals surface area contributed by atoms with Gasteiger partial charge in [-0.15, -0.1) is 0 Å². The third-order valence-corrected chi connectivity index (χ3v) is 4.03. The minimum absolute atomic E-state index is 0.748. The summed E-state index contributed by atoms with van der Waals surface area (Å²) in [6.45, 7) is 7.34. The van der Waals surface area contributed by atoms with Gasteiger partial charge in [0.05, 0.1) is 11.0 Å². The monoisotopic (exact) mass is 278 g/mol. The highest BCUT2D eigenvalue weighted by Crippen LogP contribution is 2.25. The lowest BCUT2D eigenvalue weighted by Crippen LogP contribution is -2.45. The summed E-state index contributed by atoms with van der Waals surface area (Å²) in [5.74, 6) is 1.08. The van der Waals surface area contributed by atoms with Crippen molar-refractivity contribution in [2.24, 2.45) is 0 Å². The van der Waals surface area contributed by atoms with Crippen molar-refractivity contribution in [1.82, 2.24) is 14.5 Å². The number of nitrogens with zero attached hydrogens (tertiary/aromatic N) is 4. The number of imidazole rings is 1. The molecular weight excluding hydrogens is 260 g/mol. The quantitative estimate of drug-likeness (QED) is 0.843. The average Bonchev–Trinajstić information content (AvgIpc) is 2.77. The molecule has 0 unspecified atom stereocenters. The minimum atomic E-state index is 0.748. The van der Waals surface area contributed by atoms with Crippen molar-refractivity contribution in [2.75, 3.05) is 38.1 Å². The Bertz CT molecular complexity index is 584. The van der Waals surface area contributed by atoms with Gasteiger partial charge in [-0.05, 0) is 32.2 Å². The van der Waals surface area contributed by atoms with Gasteiger partial charge in [0.25, 0.3) is 0 Å². The van der Waals surface area contributed by atoms with E-state index in [1.807, 2.05) is 12.1 Å². The highest BCUT2D eigenvalue weighted by atomic mass is 35.5. The number of likely N-dealkylation sites (N-methyl/N-ethyl adjacent to an activating group) is 1. The predicted octanol–water partition coefficient (Wildman–Crippen LogP) is 2.46. The lowest BCUT2D eigenvalue weighted by molar-refractivity contribution is 0.310. The Morgan fingerprint density at radius 2 is 1.95 bits per heavy atom. The number of fused-ring (bicyclic) bond motifs is 1. The van der Waals surface area contributed by atoms with E-state index in [-0.39, 0.29) is 0 Å². The van der Waals surface area contributed by atoms with Crippen molar-refractivity contribution in [3.63, 3.8) is 0 Å².